The molecule has 0 saturated carbocycles. The third kappa shape index (κ3) is 3.69. The van der Waals surface area contributed by atoms with Crippen LogP contribution in [0.4, 0.5) is 0 Å². The first-order chi connectivity index (χ1) is 10.7. The lowest BCUT2D eigenvalue weighted by Crippen LogP contribution is -2.28. The number of thioether (sulfide) groups is 1. The number of fused-ring (bicyclic) bond motifs is 1. The second kappa shape index (κ2) is 6.98. The topological polar surface area (TPSA) is 57.8 Å². The zero-order chi connectivity index (χ0) is 15.4. The number of aromatic nitrogens is 2. The number of H-pyrrole nitrogens is 1. The minimum Gasteiger partial charge on any atom is -0.346 e. The molecule has 0 saturated heterocycles. The number of carbonyl (C=O) groups excluding carboxylic acids is 1. The van der Waals surface area contributed by atoms with Crippen molar-refractivity contribution >= 4 is 40.0 Å². The van der Waals surface area contributed by atoms with E-state index < -0.39 is 0 Å². The molecule has 1 amide bonds. The van der Waals surface area contributed by atoms with Crippen molar-refractivity contribution in [3.8, 4) is 0 Å². The van der Waals surface area contributed by atoms with E-state index in [1.807, 2.05) is 37.3 Å². The maximum atomic E-state index is 12.0. The maximum Gasteiger partial charge on any atom is 0.230 e. The molecule has 0 bridgehead atoms. The van der Waals surface area contributed by atoms with Gasteiger partial charge in [-0.3, -0.25) is 4.79 Å². The summed E-state index contributed by atoms with van der Waals surface area (Å²) in [6.07, 6.45) is 0. The quantitative estimate of drug-likeness (QED) is 0.723. The van der Waals surface area contributed by atoms with Crippen LogP contribution in [0.5, 0.6) is 0 Å². The summed E-state index contributed by atoms with van der Waals surface area (Å²) in [7, 11) is 0. The standard InChI is InChI=1S/C16H17N3OS2/c1-11(16-18-13-6-2-3-7-14(13)19-16)17-15(20)10-21-9-12-5-4-8-22-12/h2-8,11H,9-10H2,1H3,(H,17,20)(H,18,19)/t11-/m0/s1. The van der Waals surface area contributed by atoms with Gasteiger partial charge in [0.2, 0.25) is 5.91 Å². The molecule has 1 aromatic carbocycles. The Bertz CT molecular complexity index is 719. The third-order valence-corrected chi connectivity index (χ3v) is 5.29. The number of benzene rings is 1. The van der Waals surface area contributed by atoms with Gasteiger partial charge in [0.1, 0.15) is 5.82 Å². The average molecular weight is 331 g/mol. The summed E-state index contributed by atoms with van der Waals surface area (Å²) < 4.78 is 0. The lowest BCUT2D eigenvalue weighted by atomic mass is 10.3. The van der Waals surface area contributed by atoms with E-state index in [0.717, 1.165) is 22.6 Å². The van der Waals surface area contributed by atoms with Gasteiger partial charge in [-0.15, -0.1) is 23.1 Å². The normalized spacial score (nSPS) is 12.4. The Kier molecular flexibility index (Phi) is 4.80. The van der Waals surface area contributed by atoms with Gasteiger partial charge in [0.05, 0.1) is 22.8 Å². The molecule has 0 radical (unpaired) electrons. The summed E-state index contributed by atoms with van der Waals surface area (Å²) in [4.78, 5) is 21.1. The fraction of sp³-hybridized carbons (Fsp3) is 0.250. The monoisotopic (exact) mass is 331 g/mol. The predicted octanol–water partition coefficient (Wildman–Crippen LogP) is 3.74. The average Bonchev–Trinajstić information content (AvgIpc) is 3.16. The number of imidazole rings is 1. The summed E-state index contributed by atoms with van der Waals surface area (Å²) in [6, 6.07) is 11.9. The second-order valence-corrected chi connectivity index (χ2v) is 7.02. The first-order valence-electron chi connectivity index (χ1n) is 7.06. The Balaban J connectivity index is 1.52. The zero-order valence-corrected chi connectivity index (χ0v) is 13.8. The van der Waals surface area contributed by atoms with Crippen LogP contribution < -0.4 is 5.32 Å². The predicted molar refractivity (Wildman–Crippen MR) is 93.1 cm³/mol. The fourth-order valence-corrected chi connectivity index (χ4v) is 3.85. The highest BCUT2D eigenvalue weighted by molar-refractivity contribution is 7.99. The molecule has 0 unspecified atom stereocenters. The van der Waals surface area contributed by atoms with Gasteiger partial charge in [-0.2, -0.15) is 0 Å². The van der Waals surface area contributed by atoms with Crippen molar-refractivity contribution in [2.24, 2.45) is 0 Å². The van der Waals surface area contributed by atoms with E-state index >= 15 is 0 Å². The number of hydrogen-bond donors (Lipinski definition) is 2. The molecule has 2 N–H and O–H groups in total. The number of nitrogens with zero attached hydrogens (tertiary/aromatic N) is 1. The highest BCUT2D eigenvalue weighted by atomic mass is 32.2. The lowest BCUT2D eigenvalue weighted by molar-refractivity contribution is -0.119. The molecule has 22 heavy (non-hydrogen) atoms. The van der Waals surface area contributed by atoms with Crippen LogP contribution >= 0.6 is 23.1 Å². The summed E-state index contributed by atoms with van der Waals surface area (Å²) in [5.74, 6) is 2.17. The van der Waals surface area contributed by atoms with Crippen LogP contribution in [-0.2, 0) is 10.5 Å². The van der Waals surface area contributed by atoms with Gasteiger partial charge >= 0.3 is 0 Å². The second-order valence-electron chi connectivity index (χ2n) is 5.00. The van der Waals surface area contributed by atoms with Crippen LogP contribution in [0, 0.1) is 0 Å². The van der Waals surface area contributed by atoms with Crippen LogP contribution in [0.15, 0.2) is 41.8 Å². The molecule has 6 heteroatoms. The SMILES string of the molecule is C[C@H](NC(=O)CSCc1cccs1)c1nc2ccccc2[nH]1. The first kappa shape index (κ1) is 15.1. The van der Waals surface area contributed by atoms with Gasteiger partial charge in [-0.05, 0) is 30.5 Å². The number of carbonyl (C=O) groups is 1. The van der Waals surface area contributed by atoms with Crippen molar-refractivity contribution in [3.63, 3.8) is 0 Å². The minimum absolute atomic E-state index is 0.0366. The number of hydrogen-bond acceptors (Lipinski definition) is 4. The summed E-state index contributed by atoms with van der Waals surface area (Å²) in [5, 5.41) is 5.04. The molecule has 2 heterocycles. The van der Waals surface area contributed by atoms with Crippen LogP contribution in [0.2, 0.25) is 0 Å². The fourth-order valence-electron chi connectivity index (χ4n) is 2.17. The molecule has 0 aliphatic carbocycles. The van der Waals surface area contributed by atoms with Crippen LogP contribution in [-0.4, -0.2) is 21.6 Å². The lowest BCUT2D eigenvalue weighted by Gasteiger charge is -2.11. The molecule has 3 aromatic rings. The molecular formula is C16H17N3OS2. The zero-order valence-electron chi connectivity index (χ0n) is 12.2. The summed E-state index contributed by atoms with van der Waals surface area (Å²) in [6.45, 7) is 1.94. The number of amides is 1. The van der Waals surface area contributed by atoms with Gasteiger partial charge in [0.15, 0.2) is 0 Å². The van der Waals surface area contributed by atoms with E-state index in [1.165, 1.54) is 4.88 Å². The molecule has 0 aliphatic rings. The number of para-hydroxylation sites is 2. The smallest absolute Gasteiger partial charge is 0.230 e. The van der Waals surface area contributed by atoms with Gasteiger partial charge in [0, 0.05) is 10.6 Å². The Morgan fingerprint density at radius 2 is 2.23 bits per heavy atom. The van der Waals surface area contributed by atoms with E-state index in [1.54, 1.807) is 23.1 Å². The van der Waals surface area contributed by atoms with Gasteiger partial charge in [0.25, 0.3) is 0 Å². The van der Waals surface area contributed by atoms with Crippen molar-refractivity contribution in [1.29, 1.82) is 0 Å². The van der Waals surface area contributed by atoms with Crippen LogP contribution in [0.3, 0.4) is 0 Å². The molecule has 0 spiro atoms. The van der Waals surface area contributed by atoms with E-state index in [-0.39, 0.29) is 11.9 Å². The van der Waals surface area contributed by atoms with Gasteiger partial charge in [-0.1, -0.05) is 18.2 Å². The molecule has 1 atom stereocenters. The Morgan fingerprint density at radius 3 is 3.00 bits per heavy atom. The molecule has 4 nitrogen and oxygen atoms in total. The molecule has 2 aromatic heterocycles. The van der Waals surface area contributed by atoms with Crippen molar-refractivity contribution in [2.45, 2.75) is 18.7 Å². The van der Waals surface area contributed by atoms with Crippen molar-refractivity contribution < 1.29 is 4.79 Å². The van der Waals surface area contributed by atoms with Gasteiger partial charge < -0.3 is 10.3 Å². The summed E-state index contributed by atoms with van der Waals surface area (Å²) >= 11 is 3.35. The largest absolute Gasteiger partial charge is 0.346 e. The van der Waals surface area contributed by atoms with Crippen molar-refractivity contribution in [1.82, 2.24) is 15.3 Å². The summed E-state index contributed by atoms with van der Waals surface area (Å²) in [5.41, 5.74) is 1.91. The van der Waals surface area contributed by atoms with Crippen molar-refractivity contribution in [3.05, 3.63) is 52.5 Å². The van der Waals surface area contributed by atoms with Crippen LogP contribution in [0.25, 0.3) is 11.0 Å². The molecule has 0 aliphatic heterocycles. The Hall–Kier alpha value is -1.79. The van der Waals surface area contributed by atoms with Crippen molar-refractivity contribution in [2.75, 3.05) is 5.75 Å². The van der Waals surface area contributed by atoms with Crippen LogP contribution in [0.1, 0.15) is 23.7 Å². The highest BCUT2D eigenvalue weighted by Crippen LogP contribution is 2.18. The first-order valence-corrected chi connectivity index (χ1v) is 9.10. The Labute approximate surface area is 137 Å². The number of rotatable bonds is 6. The third-order valence-electron chi connectivity index (χ3n) is 3.25. The Morgan fingerprint density at radius 1 is 1.36 bits per heavy atom. The minimum atomic E-state index is -0.123. The highest BCUT2D eigenvalue weighted by Gasteiger charge is 2.13. The molecule has 114 valence electrons. The molecule has 3 rings (SSSR count). The molecular weight excluding hydrogens is 314 g/mol. The maximum absolute atomic E-state index is 12.0. The van der Waals surface area contributed by atoms with E-state index in [9.17, 15) is 4.79 Å². The van der Waals surface area contributed by atoms with Gasteiger partial charge in [-0.25, -0.2) is 4.98 Å². The number of aromatic amines is 1. The molecule has 0 fully saturated rings. The number of thiophene rings is 1. The number of nitrogens with one attached hydrogen (secondary N) is 2. The van der Waals surface area contributed by atoms with E-state index in [0.29, 0.717) is 5.75 Å². The van der Waals surface area contributed by atoms with E-state index in [4.69, 9.17) is 0 Å². The van der Waals surface area contributed by atoms with E-state index in [2.05, 4.69) is 26.7 Å².